The van der Waals surface area contributed by atoms with Crippen molar-refractivity contribution in [3.05, 3.63) is 29.0 Å². The largest absolute Gasteiger partial charge is 0.491 e. The summed E-state index contributed by atoms with van der Waals surface area (Å²) >= 11 is 5.76. The van der Waals surface area contributed by atoms with Crippen molar-refractivity contribution in [3.8, 4) is 5.75 Å². The van der Waals surface area contributed by atoms with Crippen molar-refractivity contribution in [2.24, 2.45) is 0 Å². The Morgan fingerprint density at radius 2 is 2.31 bits per heavy atom. The van der Waals surface area contributed by atoms with Gasteiger partial charge < -0.3 is 10.1 Å². The molecule has 0 heterocycles. The van der Waals surface area contributed by atoms with Crippen LogP contribution in [0, 0.1) is 5.82 Å². The average molecular weight is 204 g/mol. The van der Waals surface area contributed by atoms with Gasteiger partial charge in [0.1, 0.15) is 18.2 Å². The Morgan fingerprint density at radius 3 is 3.00 bits per heavy atom. The summed E-state index contributed by atoms with van der Waals surface area (Å²) in [7, 11) is 1.82. The van der Waals surface area contributed by atoms with Gasteiger partial charge in [0.2, 0.25) is 0 Å². The van der Waals surface area contributed by atoms with Gasteiger partial charge in [0.15, 0.2) is 0 Å². The molecule has 0 unspecified atom stereocenters. The fourth-order valence-electron chi connectivity index (χ4n) is 0.851. The highest BCUT2D eigenvalue weighted by Gasteiger charge is 2.02. The van der Waals surface area contributed by atoms with Crippen LogP contribution >= 0.6 is 11.6 Å². The van der Waals surface area contributed by atoms with Gasteiger partial charge in [0.25, 0.3) is 0 Å². The predicted octanol–water partition coefficient (Wildman–Crippen LogP) is 2.08. The van der Waals surface area contributed by atoms with Crippen molar-refractivity contribution in [3.63, 3.8) is 0 Å². The molecule has 0 saturated carbocycles. The summed E-state index contributed by atoms with van der Waals surface area (Å²) < 4.78 is 17.9. The van der Waals surface area contributed by atoms with Gasteiger partial charge in [-0.05, 0) is 19.2 Å². The topological polar surface area (TPSA) is 21.3 Å². The van der Waals surface area contributed by atoms with E-state index in [2.05, 4.69) is 5.32 Å². The van der Waals surface area contributed by atoms with E-state index in [1.54, 1.807) is 0 Å². The molecule has 4 heteroatoms. The molecule has 0 radical (unpaired) electrons. The predicted molar refractivity (Wildman–Crippen MR) is 50.8 cm³/mol. The Hall–Kier alpha value is -0.800. The van der Waals surface area contributed by atoms with E-state index in [0.29, 0.717) is 23.9 Å². The molecular formula is C9H11ClFNO. The third-order valence-electron chi connectivity index (χ3n) is 1.50. The fraction of sp³-hybridized carbons (Fsp3) is 0.333. The Balaban J connectivity index is 2.59. The maximum absolute atomic E-state index is 12.7. The fourth-order valence-corrected chi connectivity index (χ4v) is 1.02. The minimum atomic E-state index is -0.344. The molecule has 1 N–H and O–H groups in total. The number of ether oxygens (including phenoxy) is 1. The summed E-state index contributed by atoms with van der Waals surface area (Å²) in [4.78, 5) is 0. The highest BCUT2D eigenvalue weighted by atomic mass is 35.5. The molecule has 1 aromatic rings. The molecular weight excluding hydrogens is 193 g/mol. The lowest BCUT2D eigenvalue weighted by Gasteiger charge is -2.06. The number of nitrogens with one attached hydrogen (secondary N) is 1. The molecule has 0 aliphatic carbocycles. The standard InChI is InChI=1S/C9H11ClFNO/c1-12-4-5-13-9-6-7(11)2-3-8(9)10/h2-3,6,12H,4-5H2,1H3. The SMILES string of the molecule is CNCCOc1cc(F)ccc1Cl. The van der Waals surface area contributed by atoms with Gasteiger partial charge >= 0.3 is 0 Å². The maximum Gasteiger partial charge on any atom is 0.140 e. The highest BCUT2D eigenvalue weighted by molar-refractivity contribution is 6.32. The lowest BCUT2D eigenvalue weighted by molar-refractivity contribution is 0.317. The van der Waals surface area contributed by atoms with E-state index in [4.69, 9.17) is 16.3 Å². The summed E-state index contributed by atoms with van der Waals surface area (Å²) in [6, 6.07) is 4.05. The number of halogens is 2. The first-order valence-corrected chi connectivity index (χ1v) is 4.34. The molecule has 0 saturated heterocycles. The van der Waals surface area contributed by atoms with Crippen LogP contribution in [0.2, 0.25) is 5.02 Å². The molecule has 0 atom stereocenters. The summed E-state index contributed by atoms with van der Waals surface area (Å²) in [5.74, 6) is 0.0424. The van der Waals surface area contributed by atoms with Crippen molar-refractivity contribution in [2.75, 3.05) is 20.2 Å². The van der Waals surface area contributed by atoms with Crippen molar-refractivity contribution >= 4 is 11.6 Å². The molecule has 0 fully saturated rings. The van der Waals surface area contributed by atoms with E-state index in [0.717, 1.165) is 0 Å². The van der Waals surface area contributed by atoms with Crippen LogP contribution in [-0.2, 0) is 0 Å². The molecule has 1 aromatic carbocycles. The van der Waals surface area contributed by atoms with E-state index in [9.17, 15) is 4.39 Å². The van der Waals surface area contributed by atoms with E-state index in [-0.39, 0.29) is 5.82 Å². The second-order valence-electron chi connectivity index (χ2n) is 2.53. The first-order chi connectivity index (χ1) is 6.24. The monoisotopic (exact) mass is 203 g/mol. The minimum Gasteiger partial charge on any atom is -0.491 e. The second-order valence-corrected chi connectivity index (χ2v) is 2.93. The van der Waals surface area contributed by atoms with E-state index >= 15 is 0 Å². The maximum atomic E-state index is 12.7. The van der Waals surface area contributed by atoms with Gasteiger partial charge in [-0.2, -0.15) is 0 Å². The molecule has 0 aliphatic rings. The molecule has 0 spiro atoms. The first-order valence-electron chi connectivity index (χ1n) is 3.96. The van der Waals surface area contributed by atoms with Crippen LogP contribution in [0.4, 0.5) is 4.39 Å². The Kier molecular flexibility index (Phi) is 3.99. The highest BCUT2D eigenvalue weighted by Crippen LogP contribution is 2.24. The zero-order chi connectivity index (χ0) is 9.68. The molecule has 72 valence electrons. The number of benzene rings is 1. The van der Waals surface area contributed by atoms with Gasteiger partial charge in [-0.1, -0.05) is 11.6 Å². The third kappa shape index (κ3) is 3.20. The molecule has 0 bridgehead atoms. The van der Waals surface area contributed by atoms with Gasteiger partial charge in [-0.3, -0.25) is 0 Å². The number of hydrogen-bond donors (Lipinski definition) is 1. The lowest BCUT2D eigenvalue weighted by Crippen LogP contribution is -2.16. The Morgan fingerprint density at radius 1 is 1.54 bits per heavy atom. The summed E-state index contributed by atoms with van der Waals surface area (Å²) in [6.07, 6.45) is 0. The Labute approximate surface area is 81.7 Å². The Bertz CT molecular complexity index is 280. The van der Waals surface area contributed by atoms with Crippen LogP contribution in [0.5, 0.6) is 5.75 Å². The van der Waals surface area contributed by atoms with Crippen molar-refractivity contribution in [1.82, 2.24) is 5.32 Å². The number of likely N-dealkylation sites (N-methyl/N-ethyl adjacent to an activating group) is 1. The van der Waals surface area contributed by atoms with E-state index < -0.39 is 0 Å². The molecule has 2 nitrogen and oxygen atoms in total. The van der Waals surface area contributed by atoms with Crippen LogP contribution in [0.25, 0.3) is 0 Å². The quantitative estimate of drug-likeness (QED) is 0.757. The van der Waals surface area contributed by atoms with Crippen LogP contribution in [0.3, 0.4) is 0 Å². The van der Waals surface area contributed by atoms with Crippen LogP contribution in [0.15, 0.2) is 18.2 Å². The molecule has 0 amide bonds. The number of rotatable bonds is 4. The molecule has 1 rings (SSSR count). The van der Waals surface area contributed by atoms with Gasteiger partial charge in [0.05, 0.1) is 5.02 Å². The normalized spacial score (nSPS) is 10.1. The van der Waals surface area contributed by atoms with Crippen LogP contribution in [-0.4, -0.2) is 20.2 Å². The average Bonchev–Trinajstić information content (AvgIpc) is 2.11. The van der Waals surface area contributed by atoms with Crippen LogP contribution in [0.1, 0.15) is 0 Å². The van der Waals surface area contributed by atoms with Crippen molar-refractivity contribution < 1.29 is 9.13 Å². The molecule has 13 heavy (non-hydrogen) atoms. The summed E-state index contributed by atoms with van der Waals surface area (Å²) in [5.41, 5.74) is 0. The first kappa shape index (κ1) is 10.3. The summed E-state index contributed by atoms with van der Waals surface area (Å²) in [5, 5.41) is 3.34. The van der Waals surface area contributed by atoms with Crippen LogP contribution < -0.4 is 10.1 Å². The van der Waals surface area contributed by atoms with E-state index in [1.165, 1.54) is 18.2 Å². The van der Waals surface area contributed by atoms with Gasteiger partial charge in [-0.25, -0.2) is 4.39 Å². The second kappa shape index (κ2) is 5.04. The zero-order valence-electron chi connectivity index (χ0n) is 7.31. The van der Waals surface area contributed by atoms with Gasteiger partial charge in [0, 0.05) is 12.6 Å². The summed E-state index contributed by atoms with van der Waals surface area (Å²) in [6.45, 7) is 1.17. The lowest BCUT2D eigenvalue weighted by atomic mass is 10.3. The van der Waals surface area contributed by atoms with Crippen molar-refractivity contribution in [1.29, 1.82) is 0 Å². The molecule has 0 aliphatic heterocycles. The van der Waals surface area contributed by atoms with Gasteiger partial charge in [-0.15, -0.1) is 0 Å². The molecule has 0 aromatic heterocycles. The van der Waals surface area contributed by atoms with E-state index in [1.807, 2.05) is 7.05 Å². The zero-order valence-corrected chi connectivity index (χ0v) is 8.07. The minimum absolute atomic E-state index is 0.344. The smallest absolute Gasteiger partial charge is 0.140 e. The number of hydrogen-bond acceptors (Lipinski definition) is 2. The third-order valence-corrected chi connectivity index (χ3v) is 1.82. The van der Waals surface area contributed by atoms with Crippen molar-refractivity contribution in [2.45, 2.75) is 0 Å².